The van der Waals surface area contributed by atoms with E-state index < -0.39 is 0 Å². The molecule has 23 heavy (non-hydrogen) atoms. The zero-order valence-corrected chi connectivity index (χ0v) is 14.5. The number of amides is 2. The van der Waals surface area contributed by atoms with Crippen LogP contribution in [0.2, 0.25) is 10.0 Å². The lowest BCUT2D eigenvalue weighted by atomic mass is 10.1. The Balaban J connectivity index is 1.82. The Morgan fingerprint density at radius 2 is 1.61 bits per heavy atom. The van der Waals surface area contributed by atoms with E-state index in [2.05, 4.69) is 10.6 Å². The number of rotatable bonds is 5. The largest absolute Gasteiger partial charge is 0.491 e. The number of aryl methyl sites for hydroxylation is 2. The topological polar surface area (TPSA) is 50.4 Å². The fraction of sp³-hybridized carbons (Fsp3) is 0.235. The zero-order chi connectivity index (χ0) is 16.8. The van der Waals surface area contributed by atoms with E-state index >= 15 is 0 Å². The molecule has 0 saturated carbocycles. The molecule has 4 nitrogen and oxygen atoms in total. The lowest BCUT2D eigenvalue weighted by Crippen LogP contribution is -2.32. The SMILES string of the molecule is Cc1cccc(C)c1OCCNC(=O)Nc1c(Cl)cccc1Cl. The highest BCUT2D eigenvalue weighted by atomic mass is 35.5. The summed E-state index contributed by atoms with van der Waals surface area (Å²) in [6.07, 6.45) is 0. The summed E-state index contributed by atoms with van der Waals surface area (Å²) in [7, 11) is 0. The number of nitrogens with one attached hydrogen (secondary N) is 2. The van der Waals surface area contributed by atoms with E-state index in [0.29, 0.717) is 28.9 Å². The highest BCUT2D eigenvalue weighted by Crippen LogP contribution is 2.29. The van der Waals surface area contributed by atoms with Gasteiger partial charge in [-0.2, -0.15) is 0 Å². The van der Waals surface area contributed by atoms with Crippen molar-refractivity contribution >= 4 is 34.9 Å². The minimum absolute atomic E-state index is 0.363. The average molecular weight is 353 g/mol. The Morgan fingerprint density at radius 3 is 2.22 bits per heavy atom. The van der Waals surface area contributed by atoms with E-state index in [1.54, 1.807) is 18.2 Å². The summed E-state index contributed by atoms with van der Waals surface area (Å²) in [6, 6.07) is 10.6. The summed E-state index contributed by atoms with van der Waals surface area (Å²) in [5, 5.41) is 6.11. The second-order valence-corrected chi connectivity index (χ2v) is 5.86. The third-order valence-corrected chi connectivity index (χ3v) is 3.87. The molecule has 2 amide bonds. The van der Waals surface area contributed by atoms with Gasteiger partial charge >= 0.3 is 6.03 Å². The molecule has 2 aromatic rings. The van der Waals surface area contributed by atoms with E-state index in [0.717, 1.165) is 16.9 Å². The molecule has 2 aromatic carbocycles. The summed E-state index contributed by atoms with van der Waals surface area (Å²) in [4.78, 5) is 11.9. The molecule has 0 radical (unpaired) electrons. The van der Waals surface area contributed by atoms with Crippen LogP contribution in [0.4, 0.5) is 10.5 Å². The van der Waals surface area contributed by atoms with Gasteiger partial charge in [0, 0.05) is 0 Å². The molecule has 0 heterocycles. The predicted molar refractivity (Wildman–Crippen MR) is 94.9 cm³/mol. The molecule has 0 bridgehead atoms. The molecule has 0 aliphatic carbocycles. The van der Waals surface area contributed by atoms with Gasteiger partial charge in [0.2, 0.25) is 0 Å². The number of ether oxygens (including phenoxy) is 1. The smallest absolute Gasteiger partial charge is 0.319 e. The Hall–Kier alpha value is -1.91. The third-order valence-electron chi connectivity index (χ3n) is 3.24. The molecule has 6 heteroatoms. The van der Waals surface area contributed by atoms with E-state index in [1.807, 2.05) is 32.0 Å². The number of urea groups is 1. The molecule has 0 aliphatic heterocycles. The van der Waals surface area contributed by atoms with Gasteiger partial charge in [0.15, 0.2) is 0 Å². The van der Waals surface area contributed by atoms with Crippen LogP contribution < -0.4 is 15.4 Å². The van der Waals surface area contributed by atoms with Crippen molar-refractivity contribution < 1.29 is 9.53 Å². The Morgan fingerprint density at radius 1 is 1.04 bits per heavy atom. The van der Waals surface area contributed by atoms with Crippen molar-refractivity contribution in [3.63, 3.8) is 0 Å². The van der Waals surface area contributed by atoms with E-state index in [1.165, 1.54) is 0 Å². The molecule has 0 aromatic heterocycles. The van der Waals surface area contributed by atoms with E-state index in [9.17, 15) is 4.79 Å². The van der Waals surface area contributed by atoms with Gasteiger partial charge in [-0.05, 0) is 37.1 Å². The van der Waals surface area contributed by atoms with Crippen LogP contribution >= 0.6 is 23.2 Å². The summed E-state index contributed by atoms with van der Waals surface area (Å²) in [5.74, 6) is 0.851. The molecule has 0 spiro atoms. The van der Waals surface area contributed by atoms with Gasteiger partial charge < -0.3 is 15.4 Å². The van der Waals surface area contributed by atoms with Crippen LogP contribution in [0.1, 0.15) is 11.1 Å². The van der Waals surface area contributed by atoms with Gasteiger partial charge in [-0.1, -0.05) is 47.5 Å². The van der Waals surface area contributed by atoms with Crippen LogP contribution in [0.15, 0.2) is 36.4 Å². The fourth-order valence-corrected chi connectivity index (χ4v) is 2.61. The van der Waals surface area contributed by atoms with Gasteiger partial charge in [-0.25, -0.2) is 4.79 Å². The maximum Gasteiger partial charge on any atom is 0.319 e. The molecule has 2 rings (SSSR count). The number of carbonyl (C=O) groups excluding carboxylic acids is 1. The molecular weight excluding hydrogens is 335 g/mol. The number of anilines is 1. The minimum atomic E-state index is -0.384. The number of hydrogen-bond acceptors (Lipinski definition) is 2. The molecule has 0 saturated heterocycles. The number of carbonyl (C=O) groups is 1. The first-order valence-corrected chi connectivity index (χ1v) is 7.92. The van der Waals surface area contributed by atoms with Crippen molar-refractivity contribution in [1.29, 1.82) is 0 Å². The number of halogens is 2. The highest BCUT2D eigenvalue weighted by Gasteiger charge is 2.09. The zero-order valence-electron chi connectivity index (χ0n) is 13.0. The van der Waals surface area contributed by atoms with Gasteiger partial charge in [0.25, 0.3) is 0 Å². The van der Waals surface area contributed by atoms with E-state index in [4.69, 9.17) is 27.9 Å². The van der Waals surface area contributed by atoms with Crippen LogP contribution in [0.25, 0.3) is 0 Å². The maximum absolute atomic E-state index is 11.9. The van der Waals surface area contributed by atoms with Gasteiger partial charge in [-0.15, -0.1) is 0 Å². The third kappa shape index (κ3) is 4.78. The first-order valence-electron chi connectivity index (χ1n) is 7.17. The Labute approximate surface area is 145 Å². The number of hydrogen-bond donors (Lipinski definition) is 2. The number of para-hydroxylation sites is 2. The van der Waals surface area contributed by atoms with Crippen molar-refractivity contribution in [2.75, 3.05) is 18.5 Å². The van der Waals surface area contributed by atoms with Crippen molar-refractivity contribution in [3.8, 4) is 5.75 Å². The molecule has 0 fully saturated rings. The molecule has 0 aliphatic rings. The molecule has 0 atom stereocenters. The summed E-state index contributed by atoms with van der Waals surface area (Å²) in [6.45, 7) is 4.71. The Bertz CT molecular complexity index is 664. The quantitative estimate of drug-likeness (QED) is 0.758. The first-order chi connectivity index (χ1) is 11.0. The second kappa shape index (κ2) is 8.09. The van der Waals surface area contributed by atoms with Gasteiger partial charge in [0.05, 0.1) is 22.3 Å². The van der Waals surface area contributed by atoms with Crippen molar-refractivity contribution in [1.82, 2.24) is 5.32 Å². The van der Waals surface area contributed by atoms with Crippen LogP contribution in [0, 0.1) is 13.8 Å². The van der Waals surface area contributed by atoms with Gasteiger partial charge in [-0.3, -0.25) is 0 Å². The maximum atomic E-state index is 11.9. The van der Waals surface area contributed by atoms with Crippen molar-refractivity contribution in [2.45, 2.75) is 13.8 Å². The highest BCUT2D eigenvalue weighted by molar-refractivity contribution is 6.39. The normalized spacial score (nSPS) is 10.3. The predicted octanol–water partition coefficient (Wildman–Crippen LogP) is 4.81. The van der Waals surface area contributed by atoms with Crippen LogP contribution in [0.5, 0.6) is 5.75 Å². The molecule has 0 unspecified atom stereocenters. The standard InChI is InChI=1S/C17H18Cl2N2O2/c1-11-5-3-6-12(2)16(11)23-10-9-20-17(22)21-15-13(18)7-4-8-14(15)19/h3-8H,9-10H2,1-2H3,(H2,20,21,22). The lowest BCUT2D eigenvalue weighted by molar-refractivity contribution is 0.247. The number of benzene rings is 2. The van der Waals surface area contributed by atoms with Gasteiger partial charge in [0.1, 0.15) is 12.4 Å². The lowest BCUT2D eigenvalue weighted by Gasteiger charge is -2.13. The molecular formula is C17H18Cl2N2O2. The fourth-order valence-electron chi connectivity index (χ4n) is 2.12. The summed E-state index contributed by atoms with van der Waals surface area (Å²) < 4.78 is 5.72. The first kappa shape index (κ1) is 17.4. The minimum Gasteiger partial charge on any atom is -0.491 e. The van der Waals surface area contributed by atoms with Crippen LogP contribution in [0.3, 0.4) is 0 Å². The van der Waals surface area contributed by atoms with E-state index in [-0.39, 0.29) is 6.03 Å². The van der Waals surface area contributed by atoms with Crippen LogP contribution in [-0.2, 0) is 0 Å². The second-order valence-electron chi connectivity index (χ2n) is 5.05. The van der Waals surface area contributed by atoms with Crippen LogP contribution in [-0.4, -0.2) is 19.2 Å². The van der Waals surface area contributed by atoms with Crippen molar-refractivity contribution in [2.24, 2.45) is 0 Å². The molecule has 2 N–H and O–H groups in total. The average Bonchev–Trinajstić information content (AvgIpc) is 2.50. The summed E-state index contributed by atoms with van der Waals surface area (Å²) >= 11 is 12.0. The summed E-state index contributed by atoms with van der Waals surface area (Å²) in [5.41, 5.74) is 2.53. The monoisotopic (exact) mass is 352 g/mol. The van der Waals surface area contributed by atoms with Crippen molar-refractivity contribution in [3.05, 3.63) is 57.6 Å². The molecule has 122 valence electrons. The Kier molecular flexibility index (Phi) is 6.13.